The molecule has 1 aliphatic rings. The molecule has 6 nitrogen and oxygen atoms in total. The molecular formula is C25H33N3O3S. The number of likely N-dealkylation sites (N-methyl/N-ethyl adjacent to an activating group) is 1. The number of nitrogens with zero attached hydrogens (tertiary/aromatic N) is 2. The van der Waals surface area contributed by atoms with Crippen molar-refractivity contribution < 1.29 is 13.2 Å². The summed E-state index contributed by atoms with van der Waals surface area (Å²) in [5, 5.41) is 2.84. The van der Waals surface area contributed by atoms with Gasteiger partial charge in [-0.15, -0.1) is 0 Å². The number of rotatable bonds is 6. The predicted octanol–water partition coefficient (Wildman–Crippen LogP) is 3.25. The maximum atomic E-state index is 12.8. The molecule has 0 aromatic heterocycles. The molecule has 1 aliphatic heterocycles. The van der Waals surface area contributed by atoms with Crippen molar-refractivity contribution in [2.45, 2.75) is 37.6 Å². The minimum atomic E-state index is -3.48. The zero-order valence-electron chi connectivity index (χ0n) is 19.3. The molecule has 2 aromatic rings. The number of sulfonamides is 1. The third kappa shape index (κ3) is 6.28. The summed E-state index contributed by atoms with van der Waals surface area (Å²) in [4.78, 5) is 14.6. The second kappa shape index (κ2) is 9.98. The van der Waals surface area contributed by atoms with Crippen LogP contribution in [0.1, 0.15) is 37.5 Å². The molecule has 3 rings (SSSR count). The van der Waals surface area contributed by atoms with Gasteiger partial charge in [0, 0.05) is 38.8 Å². The molecule has 0 saturated carbocycles. The van der Waals surface area contributed by atoms with E-state index in [0.717, 1.165) is 24.2 Å². The molecule has 172 valence electrons. The molecule has 1 amide bonds. The monoisotopic (exact) mass is 455 g/mol. The highest BCUT2D eigenvalue weighted by Crippen LogP contribution is 2.22. The Labute approximate surface area is 192 Å². The lowest BCUT2D eigenvalue weighted by atomic mass is 9.87. The summed E-state index contributed by atoms with van der Waals surface area (Å²) >= 11 is 0. The topological polar surface area (TPSA) is 69.7 Å². The van der Waals surface area contributed by atoms with Gasteiger partial charge in [-0.25, -0.2) is 8.42 Å². The lowest BCUT2D eigenvalue weighted by Gasteiger charge is -2.31. The van der Waals surface area contributed by atoms with E-state index in [1.165, 1.54) is 15.9 Å². The summed E-state index contributed by atoms with van der Waals surface area (Å²) < 4.78 is 27.1. The van der Waals surface area contributed by atoms with Crippen LogP contribution >= 0.6 is 0 Å². The fourth-order valence-corrected chi connectivity index (χ4v) is 4.89. The maximum Gasteiger partial charge on any atom is 0.244 e. The summed E-state index contributed by atoms with van der Waals surface area (Å²) in [6, 6.07) is 14.9. The van der Waals surface area contributed by atoms with Gasteiger partial charge in [0.25, 0.3) is 0 Å². The Morgan fingerprint density at radius 1 is 0.969 bits per heavy atom. The Hall–Kier alpha value is -2.48. The first-order valence-corrected chi connectivity index (χ1v) is 12.3. The van der Waals surface area contributed by atoms with Gasteiger partial charge in [-0.1, -0.05) is 57.2 Å². The van der Waals surface area contributed by atoms with Gasteiger partial charge in [0.15, 0.2) is 0 Å². The number of hydrogen-bond acceptors (Lipinski definition) is 4. The average Bonchev–Trinajstić information content (AvgIpc) is 2.76. The molecule has 0 radical (unpaired) electrons. The van der Waals surface area contributed by atoms with Gasteiger partial charge in [0.1, 0.15) is 0 Å². The van der Waals surface area contributed by atoms with Crippen molar-refractivity contribution in [3.05, 3.63) is 71.3 Å². The van der Waals surface area contributed by atoms with Crippen molar-refractivity contribution >= 4 is 22.0 Å². The van der Waals surface area contributed by atoms with E-state index in [0.29, 0.717) is 19.6 Å². The van der Waals surface area contributed by atoms with E-state index in [4.69, 9.17) is 0 Å². The van der Waals surface area contributed by atoms with Crippen molar-refractivity contribution in [2.75, 3.05) is 33.2 Å². The molecule has 1 heterocycles. The Kier molecular flexibility index (Phi) is 7.54. The van der Waals surface area contributed by atoms with Crippen LogP contribution in [0.4, 0.5) is 0 Å². The van der Waals surface area contributed by atoms with Crippen LogP contribution in [0.2, 0.25) is 0 Å². The van der Waals surface area contributed by atoms with Crippen LogP contribution in [0.15, 0.2) is 59.5 Å². The Bertz CT molecular complexity index is 1050. The van der Waals surface area contributed by atoms with Crippen LogP contribution in [0.25, 0.3) is 6.08 Å². The number of piperazine rings is 1. The number of hydrogen-bond donors (Lipinski definition) is 1. The van der Waals surface area contributed by atoms with E-state index in [-0.39, 0.29) is 16.2 Å². The standard InChI is InChI=1S/C25H33N3O3S/c1-25(2,3)22-10-5-20(6-11-22)9-14-24(29)26-19-21-7-12-23(13-8-21)32(30,31)28-17-15-27(4)16-18-28/h5-14H,15-19H2,1-4H3,(H,26,29)/b14-9+. The van der Waals surface area contributed by atoms with Crippen molar-refractivity contribution in [3.63, 3.8) is 0 Å². The van der Waals surface area contributed by atoms with Gasteiger partial charge < -0.3 is 10.2 Å². The molecule has 0 unspecified atom stereocenters. The Balaban J connectivity index is 1.53. The highest BCUT2D eigenvalue weighted by Gasteiger charge is 2.27. The average molecular weight is 456 g/mol. The Morgan fingerprint density at radius 3 is 2.12 bits per heavy atom. The SMILES string of the molecule is CN1CCN(S(=O)(=O)c2ccc(CNC(=O)/C=C/c3ccc(C(C)(C)C)cc3)cc2)CC1. The largest absolute Gasteiger partial charge is 0.348 e. The van der Waals surface area contributed by atoms with Crippen molar-refractivity contribution in [3.8, 4) is 0 Å². The summed E-state index contributed by atoms with van der Waals surface area (Å²) in [6.07, 6.45) is 3.30. The number of carbonyl (C=O) groups is 1. The molecule has 1 N–H and O–H groups in total. The summed E-state index contributed by atoms with van der Waals surface area (Å²) in [5.41, 5.74) is 3.15. The van der Waals surface area contributed by atoms with Crippen molar-refractivity contribution in [1.29, 1.82) is 0 Å². The minimum absolute atomic E-state index is 0.0962. The quantitative estimate of drug-likeness (QED) is 0.679. The molecular weight excluding hydrogens is 422 g/mol. The lowest BCUT2D eigenvalue weighted by molar-refractivity contribution is -0.116. The number of benzene rings is 2. The van der Waals surface area contributed by atoms with Crippen LogP contribution in [0, 0.1) is 0 Å². The van der Waals surface area contributed by atoms with Gasteiger partial charge in [-0.3, -0.25) is 4.79 Å². The zero-order chi connectivity index (χ0) is 23.4. The lowest BCUT2D eigenvalue weighted by Crippen LogP contribution is -2.46. The number of amides is 1. The summed E-state index contributed by atoms with van der Waals surface area (Å²) in [5.74, 6) is -0.195. The minimum Gasteiger partial charge on any atom is -0.348 e. The van der Waals surface area contributed by atoms with E-state index < -0.39 is 10.0 Å². The molecule has 0 spiro atoms. The second-order valence-electron chi connectivity index (χ2n) is 9.27. The molecule has 0 aliphatic carbocycles. The maximum absolute atomic E-state index is 12.8. The highest BCUT2D eigenvalue weighted by molar-refractivity contribution is 7.89. The highest BCUT2D eigenvalue weighted by atomic mass is 32.2. The van der Waals surface area contributed by atoms with Crippen LogP contribution < -0.4 is 5.32 Å². The van der Waals surface area contributed by atoms with E-state index >= 15 is 0 Å². The van der Waals surface area contributed by atoms with Crippen molar-refractivity contribution in [1.82, 2.24) is 14.5 Å². The van der Waals surface area contributed by atoms with Gasteiger partial charge in [-0.05, 0) is 47.4 Å². The summed E-state index contributed by atoms with van der Waals surface area (Å²) in [7, 11) is -1.49. The summed E-state index contributed by atoms with van der Waals surface area (Å²) in [6.45, 7) is 9.30. The van der Waals surface area contributed by atoms with E-state index in [2.05, 4.69) is 43.1 Å². The van der Waals surface area contributed by atoms with E-state index in [1.54, 1.807) is 30.3 Å². The zero-order valence-corrected chi connectivity index (χ0v) is 20.2. The van der Waals surface area contributed by atoms with Gasteiger partial charge in [0.2, 0.25) is 15.9 Å². The first-order chi connectivity index (χ1) is 15.1. The van der Waals surface area contributed by atoms with Crippen LogP contribution in [-0.4, -0.2) is 56.8 Å². The first-order valence-electron chi connectivity index (χ1n) is 10.9. The fraction of sp³-hybridized carbons (Fsp3) is 0.400. The number of nitrogens with one attached hydrogen (secondary N) is 1. The van der Waals surface area contributed by atoms with E-state index in [9.17, 15) is 13.2 Å². The molecule has 0 bridgehead atoms. The van der Waals surface area contributed by atoms with Crippen LogP contribution in [-0.2, 0) is 26.8 Å². The molecule has 1 fully saturated rings. The van der Waals surface area contributed by atoms with Crippen LogP contribution in [0.5, 0.6) is 0 Å². The molecule has 1 saturated heterocycles. The first kappa shape index (κ1) is 24.2. The predicted molar refractivity (Wildman–Crippen MR) is 129 cm³/mol. The molecule has 2 aromatic carbocycles. The smallest absolute Gasteiger partial charge is 0.244 e. The second-order valence-corrected chi connectivity index (χ2v) is 11.2. The van der Waals surface area contributed by atoms with Crippen molar-refractivity contribution in [2.24, 2.45) is 0 Å². The molecule has 32 heavy (non-hydrogen) atoms. The fourth-order valence-electron chi connectivity index (χ4n) is 3.47. The third-order valence-electron chi connectivity index (χ3n) is 5.69. The number of carbonyl (C=O) groups excluding carboxylic acids is 1. The van der Waals surface area contributed by atoms with Crippen LogP contribution in [0.3, 0.4) is 0 Å². The normalized spacial score (nSPS) is 16.4. The molecule has 7 heteroatoms. The Morgan fingerprint density at radius 2 is 1.56 bits per heavy atom. The van der Waals surface area contributed by atoms with E-state index in [1.807, 2.05) is 19.2 Å². The van der Waals surface area contributed by atoms with Gasteiger partial charge >= 0.3 is 0 Å². The molecule has 0 atom stereocenters. The van der Waals surface area contributed by atoms with Gasteiger partial charge in [0.05, 0.1) is 4.90 Å². The third-order valence-corrected chi connectivity index (χ3v) is 7.61. The van der Waals surface area contributed by atoms with Gasteiger partial charge in [-0.2, -0.15) is 4.31 Å².